The summed E-state index contributed by atoms with van der Waals surface area (Å²) in [5.41, 5.74) is 23.1. The van der Waals surface area contributed by atoms with Gasteiger partial charge in [-0.15, -0.1) is 0 Å². The number of hydrogen-bond donors (Lipinski definition) is 7. The number of methoxy groups -OCH3 is 2. The number of nitrogens with zero attached hydrogens (tertiary/aromatic N) is 8. The first-order valence-electron chi connectivity index (χ1n) is 33.9. The third-order valence-electron chi connectivity index (χ3n) is 18.8. The average molecular weight is 1460 g/mol. The van der Waals surface area contributed by atoms with E-state index in [1.54, 1.807) is 58.0 Å². The lowest BCUT2D eigenvalue weighted by molar-refractivity contribution is -0.133. The number of likely N-dealkylation sites (tertiary alicyclic amines) is 2. The van der Waals surface area contributed by atoms with E-state index >= 15 is 0 Å². The second kappa shape index (κ2) is 32.6. The second-order valence-electron chi connectivity index (χ2n) is 25.3. The summed E-state index contributed by atoms with van der Waals surface area (Å²) in [6, 6.07) is 40.8. The van der Waals surface area contributed by atoms with Gasteiger partial charge in [-0.2, -0.15) is 15.3 Å². The number of carbonyl (C=O) groups excluding carboxylic acids is 6. The molecule has 25 nitrogen and oxygen atoms in total. The van der Waals surface area contributed by atoms with Crippen molar-refractivity contribution in [3.63, 3.8) is 0 Å². The van der Waals surface area contributed by atoms with Crippen molar-refractivity contribution in [1.82, 2.24) is 39.1 Å². The SMILES string of the molecule is C=CC(=O)N1CC(C2CCNc3c(C(N)=O)c(-c4ccc(Oc5ccc(Cl)c(Cl)c5)cc4)nn32)C1.C=CC(=O)Nc1ccccc1C1CCNc2c(C(N)=O)c(-c3ccc(F)c(OC)c3)nn21.COCC#CC(=O)N1CCC([C@@H]2CCNc3c(C(N)=O)c(-c4ccc(Oc5ccccc5)cc4)nn32)CC1. The summed E-state index contributed by atoms with van der Waals surface area (Å²) in [5.74, 6) is 7.49. The summed E-state index contributed by atoms with van der Waals surface area (Å²) in [6.45, 7) is 11.8. The molecule has 105 heavy (non-hydrogen) atoms. The Morgan fingerprint density at radius 3 is 1.64 bits per heavy atom. The number of fused-ring (bicyclic) bond motifs is 3. The van der Waals surface area contributed by atoms with Gasteiger partial charge >= 0.3 is 0 Å². The number of hydrogen-bond acceptors (Lipinski definition) is 16. The number of benzene rings is 6. The lowest BCUT2D eigenvalue weighted by Crippen LogP contribution is -2.53. The van der Waals surface area contributed by atoms with Crippen molar-refractivity contribution >= 4 is 81.8 Å². The van der Waals surface area contributed by atoms with Gasteiger partial charge in [-0.25, -0.2) is 18.4 Å². The van der Waals surface area contributed by atoms with Gasteiger partial charge in [0.1, 0.15) is 80.8 Å². The van der Waals surface area contributed by atoms with Gasteiger partial charge in [-0.05, 0) is 153 Å². The predicted molar refractivity (Wildman–Crippen MR) is 398 cm³/mol. The monoisotopic (exact) mass is 1460 g/mol. The zero-order valence-electron chi connectivity index (χ0n) is 57.5. The minimum atomic E-state index is -0.661. The molecule has 0 saturated carbocycles. The Morgan fingerprint density at radius 1 is 0.581 bits per heavy atom. The molecule has 8 heterocycles. The predicted octanol–water partition coefficient (Wildman–Crippen LogP) is 11.8. The van der Waals surface area contributed by atoms with Crippen LogP contribution in [0.15, 0.2) is 165 Å². The van der Waals surface area contributed by atoms with Crippen LogP contribution in [0.4, 0.5) is 27.5 Å². The molecule has 14 rings (SSSR count). The average Bonchev–Trinajstić information content (AvgIpc) is 1.61. The molecule has 2 saturated heterocycles. The summed E-state index contributed by atoms with van der Waals surface area (Å²) < 4.78 is 41.2. The third-order valence-corrected chi connectivity index (χ3v) is 19.6. The Balaban J connectivity index is 0.000000148. The van der Waals surface area contributed by atoms with E-state index in [1.165, 1.54) is 37.5 Å². The highest BCUT2D eigenvalue weighted by Gasteiger charge is 2.41. The van der Waals surface area contributed by atoms with E-state index < -0.39 is 23.5 Å². The number of carbonyl (C=O) groups is 6. The fourth-order valence-electron chi connectivity index (χ4n) is 13.7. The van der Waals surface area contributed by atoms with Crippen LogP contribution in [0.5, 0.6) is 28.7 Å². The number of piperidine rings is 1. The zero-order chi connectivity index (χ0) is 74.0. The van der Waals surface area contributed by atoms with Gasteiger partial charge < -0.3 is 67.2 Å². The number of nitrogens with two attached hydrogens (primary N) is 3. The molecule has 540 valence electrons. The van der Waals surface area contributed by atoms with Crippen molar-refractivity contribution in [2.75, 3.05) is 87.9 Å². The van der Waals surface area contributed by atoms with Crippen molar-refractivity contribution in [1.29, 1.82) is 0 Å². The molecule has 9 aromatic rings. The quantitative estimate of drug-likeness (QED) is 0.0310. The maximum absolute atomic E-state index is 13.9. The van der Waals surface area contributed by atoms with Crippen LogP contribution in [0.25, 0.3) is 33.8 Å². The maximum Gasteiger partial charge on any atom is 0.298 e. The molecule has 0 spiro atoms. The van der Waals surface area contributed by atoms with Crippen LogP contribution in [0.2, 0.25) is 10.0 Å². The fourth-order valence-corrected chi connectivity index (χ4v) is 14.0. The summed E-state index contributed by atoms with van der Waals surface area (Å²) in [6.07, 6.45) is 6.58. The Kier molecular flexibility index (Phi) is 22.6. The fraction of sp³-hybridized carbons (Fsp3) is 0.260. The highest BCUT2D eigenvalue weighted by molar-refractivity contribution is 6.42. The van der Waals surface area contributed by atoms with Crippen molar-refractivity contribution in [3.05, 3.63) is 203 Å². The van der Waals surface area contributed by atoms with E-state index in [0.29, 0.717) is 136 Å². The Labute approximate surface area is 614 Å². The first kappa shape index (κ1) is 72.9. The third kappa shape index (κ3) is 16.0. The molecule has 28 heteroatoms. The van der Waals surface area contributed by atoms with E-state index in [2.05, 4.69) is 51.4 Å². The molecule has 6 amide bonds. The number of primary amides is 3. The largest absolute Gasteiger partial charge is 0.494 e. The van der Waals surface area contributed by atoms with E-state index in [1.807, 2.05) is 94.3 Å². The Hall–Kier alpha value is -11.9. The van der Waals surface area contributed by atoms with Crippen molar-refractivity contribution < 1.29 is 52.1 Å². The molecule has 3 atom stereocenters. The van der Waals surface area contributed by atoms with Crippen LogP contribution in [0, 0.1) is 29.5 Å². The molecular weight excluding hydrogens is 1380 g/mol. The van der Waals surface area contributed by atoms with Gasteiger partial charge in [0.25, 0.3) is 23.6 Å². The Bertz CT molecular complexity index is 4850. The lowest BCUT2D eigenvalue weighted by Gasteiger charge is -2.44. The van der Waals surface area contributed by atoms with Crippen LogP contribution < -0.4 is 52.7 Å². The molecule has 2 fully saturated rings. The van der Waals surface area contributed by atoms with Gasteiger partial charge in [-0.1, -0.05) is 78.7 Å². The number of aromatic nitrogens is 6. The van der Waals surface area contributed by atoms with Crippen LogP contribution in [0.3, 0.4) is 0 Å². The van der Waals surface area contributed by atoms with Gasteiger partial charge in [-0.3, -0.25) is 28.8 Å². The molecule has 5 aliphatic rings. The maximum atomic E-state index is 13.9. The topological polar surface area (TPSA) is 325 Å². The number of para-hydroxylation sites is 2. The second-order valence-corrected chi connectivity index (χ2v) is 26.1. The van der Waals surface area contributed by atoms with Crippen LogP contribution >= 0.6 is 23.2 Å². The first-order chi connectivity index (χ1) is 50.8. The molecule has 0 bridgehead atoms. The Morgan fingerprint density at radius 2 is 1.09 bits per heavy atom. The van der Waals surface area contributed by atoms with Gasteiger partial charge in [0.2, 0.25) is 11.8 Å². The number of halogens is 3. The van der Waals surface area contributed by atoms with E-state index in [9.17, 15) is 33.2 Å². The molecular formula is C77H76Cl2FN15O10. The van der Waals surface area contributed by atoms with E-state index in [4.69, 9.17) is 69.5 Å². The minimum Gasteiger partial charge on any atom is -0.494 e. The molecule has 10 N–H and O–H groups in total. The van der Waals surface area contributed by atoms with Crippen molar-refractivity contribution in [2.45, 2.75) is 50.2 Å². The number of ether oxygens (including phenoxy) is 4. The number of amides is 6. The van der Waals surface area contributed by atoms with Crippen LogP contribution in [-0.4, -0.2) is 141 Å². The number of rotatable bonds is 18. The zero-order valence-corrected chi connectivity index (χ0v) is 59.0. The van der Waals surface area contributed by atoms with Crippen LogP contribution in [0.1, 0.15) is 86.9 Å². The summed E-state index contributed by atoms with van der Waals surface area (Å²) in [7, 11) is 2.92. The van der Waals surface area contributed by atoms with E-state index in [-0.39, 0.29) is 59.7 Å². The summed E-state index contributed by atoms with van der Waals surface area (Å²) in [5, 5.41) is 27.9. The molecule has 0 aliphatic carbocycles. The minimum absolute atomic E-state index is 0.0332. The number of anilines is 4. The molecule has 6 aromatic carbocycles. The normalized spacial score (nSPS) is 16.4. The first-order valence-corrected chi connectivity index (χ1v) is 34.7. The number of nitrogens with one attached hydrogen (secondary N) is 4. The van der Waals surface area contributed by atoms with Gasteiger partial charge in [0.05, 0.1) is 35.3 Å². The highest BCUT2D eigenvalue weighted by Crippen LogP contribution is 2.44. The van der Waals surface area contributed by atoms with Crippen molar-refractivity contribution in [2.24, 2.45) is 29.0 Å². The van der Waals surface area contributed by atoms with Crippen molar-refractivity contribution in [3.8, 4) is 74.4 Å². The van der Waals surface area contributed by atoms with Gasteiger partial charge in [0.15, 0.2) is 11.6 Å². The summed E-state index contributed by atoms with van der Waals surface area (Å²) in [4.78, 5) is 77.1. The molecule has 3 aromatic heterocycles. The lowest BCUT2D eigenvalue weighted by atomic mass is 9.87. The van der Waals surface area contributed by atoms with Crippen LogP contribution in [-0.2, 0) is 19.1 Å². The van der Waals surface area contributed by atoms with E-state index in [0.717, 1.165) is 54.7 Å². The highest BCUT2D eigenvalue weighted by atomic mass is 35.5. The molecule has 5 aliphatic heterocycles. The molecule has 2 unspecified atom stereocenters. The standard InChI is InChI=1S/C29H31N5O4.C25H23Cl2N5O3.C23H22FN5O3/c1-37-19-5-8-25(35)33-17-14-20(15-18-33)24-13-16-31-29-26(28(30)36)27(32-34(24)29)21-9-11-23(12-10-21)38-22-6-3-2-4-7-22;1-2-21(33)31-12-15(13-31)20-9-10-29-25-22(24(28)34)23(30-32(20)25)14-3-5-16(6-4-14)35-17-7-8-18(26)19(27)11-17;1-3-19(30)27-16-7-5-4-6-14(16)17-10-11-26-23-20(22(25)31)21(28-29(17)23)13-8-9-15(24)18(12-13)32-2/h2-4,6-7,9-12,20,24,31H,13-19H2,1H3,(H2,30,36);2-8,11,15,20,29H,1,9-10,12-13H2,(H2,28,34);3-9,12,17,26H,1,10-11H2,2H3,(H2,25,31)(H,27,30)/t24-;;/m0../s1. The summed E-state index contributed by atoms with van der Waals surface area (Å²) >= 11 is 12.0. The smallest absolute Gasteiger partial charge is 0.298 e. The molecule has 0 radical (unpaired) electrons. The van der Waals surface area contributed by atoms with Gasteiger partial charge in [0, 0.05) is 92.8 Å².